The summed E-state index contributed by atoms with van der Waals surface area (Å²) in [7, 11) is -3.50. The van der Waals surface area contributed by atoms with Crippen LogP contribution in [-0.2, 0) is 9.84 Å². The molecule has 0 saturated carbocycles. The molecule has 22 heavy (non-hydrogen) atoms. The van der Waals surface area contributed by atoms with Crippen LogP contribution in [0.4, 0.5) is 0 Å². The molecule has 0 radical (unpaired) electrons. The van der Waals surface area contributed by atoms with Crippen molar-refractivity contribution in [3.63, 3.8) is 0 Å². The predicted octanol–water partition coefficient (Wildman–Crippen LogP) is 3.69. The van der Waals surface area contributed by atoms with E-state index in [1.807, 2.05) is 39.5 Å². The number of benzene rings is 1. The van der Waals surface area contributed by atoms with E-state index < -0.39 is 9.84 Å². The minimum atomic E-state index is -3.50. The van der Waals surface area contributed by atoms with E-state index in [1.54, 1.807) is 30.3 Å². The molecule has 0 unspecified atom stereocenters. The lowest BCUT2D eigenvalue weighted by atomic mass is 9.98. The third-order valence-electron chi connectivity index (χ3n) is 3.01. The first-order valence-corrected chi connectivity index (χ1v) is 9.04. The summed E-state index contributed by atoms with van der Waals surface area (Å²) < 4.78 is 25.1. The molecule has 0 atom stereocenters. The lowest BCUT2D eigenvalue weighted by molar-refractivity contribution is 0.398. The van der Waals surface area contributed by atoms with Gasteiger partial charge < -0.3 is 4.90 Å². The van der Waals surface area contributed by atoms with Crippen LogP contribution < -0.4 is 0 Å². The lowest BCUT2D eigenvalue weighted by Gasteiger charge is -2.21. The molecule has 4 heteroatoms. The molecule has 0 bridgehead atoms. The normalized spacial score (nSPS) is 12.5. The van der Waals surface area contributed by atoms with Crippen molar-refractivity contribution < 1.29 is 8.42 Å². The van der Waals surface area contributed by atoms with Crippen LogP contribution in [0, 0.1) is 17.3 Å². The van der Waals surface area contributed by atoms with Gasteiger partial charge >= 0.3 is 0 Å². The van der Waals surface area contributed by atoms with Gasteiger partial charge in [0.2, 0.25) is 9.84 Å². The van der Waals surface area contributed by atoms with Crippen molar-refractivity contribution in [3.05, 3.63) is 41.4 Å². The topological polar surface area (TPSA) is 37.4 Å². The van der Waals surface area contributed by atoms with Crippen LogP contribution in [0.25, 0.3) is 0 Å². The maximum absolute atomic E-state index is 12.5. The maximum Gasteiger partial charge on any atom is 0.202 e. The Kier molecular flexibility index (Phi) is 6.25. The van der Waals surface area contributed by atoms with E-state index in [4.69, 9.17) is 0 Å². The Bertz CT molecular complexity index is 667. The quantitative estimate of drug-likeness (QED) is 0.777. The molecule has 120 valence electrons. The number of rotatable bonds is 5. The molecule has 0 spiro atoms. The van der Waals surface area contributed by atoms with E-state index >= 15 is 0 Å². The van der Waals surface area contributed by atoms with Crippen LogP contribution in [0.3, 0.4) is 0 Å². The smallest absolute Gasteiger partial charge is 0.202 e. The van der Waals surface area contributed by atoms with Crippen molar-refractivity contribution in [1.29, 1.82) is 0 Å². The van der Waals surface area contributed by atoms with Gasteiger partial charge in [-0.3, -0.25) is 0 Å². The summed E-state index contributed by atoms with van der Waals surface area (Å²) in [4.78, 5) is 2.25. The van der Waals surface area contributed by atoms with Gasteiger partial charge in [-0.2, -0.15) is 0 Å². The highest BCUT2D eigenvalue weighted by Gasteiger charge is 2.15. The Hall–Kier alpha value is -1.73. The van der Waals surface area contributed by atoms with Crippen LogP contribution in [0.1, 0.15) is 34.6 Å². The summed E-state index contributed by atoms with van der Waals surface area (Å²) in [6.07, 6.45) is 0. The summed E-state index contributed by atoms with van der Waals surface area (Å²) in [5, 5.41) is 1.29. The molecule has 1 aromatic carbocycles. The third-order valence-corrected chi connectivity index (χ3v) is 4.47. The SMILES string of the molecule is CCN(CC)/C(C#CC(C)(C)C)=C\S(=O)(=O)c1ccccc1. The summed E-state index contributed by atoms with van der Waals surface area (Å²) >= 11 is 0. The highest BCUT2D eigenvalue weighted by atomic mass is 32.2. The summed E-state index contributed by atoms with van der Waals surface area (Å²) in [6.45, 7) is 11.4. The molecule has 3 nitrogen and oxygen atoms in total. The molecule has 0 aliphatic heterocycles. The van der Waals surface area contributed by atoms with Gasteiger partial charge in [0.25, 0.3) is 0 Å². The highest BCUT2D eigenvalue weighted by Crippen LogP contribution is 2.16. The minimum Gasteiger partial charge on any atom is -0.365 e. The van der Waals surface area contributed by atoms with Gasteiger partial charge in [0.05, 0.1) is 16.0 Å². The predicted molar refractivity (Wildman–Crippen MR) is 91.9 cm³/mol. The standard InChI is InChI=1S/C18H25NO2S/c1-6-19(7-2)16(13-14-18(3,4)5)15-22(20,21)17-11-9-8-10-12-17/h8-12,15H,6-7H2,1-5H3/b16-15-. The van der Waals surface area contributed by atoms with E-state index in [-0.39, 0.29) is 10.3 Å². The van der Waals surface area contributed by atoms with Crippen molar-refractivity contribution in [1.82, 2.24) is 4.90 Å². The first-order valence-electron chi connectivity index (χ1n) is 7.49. The van der Waals surface area contributed by atoms with Crippen LogP contribution in [0.15, 0.2) is 46.3 Å². The Morgan fingerprint density at radius 3 is 2.14 bits per heavy atom. The van der Waals surface area contributed by atoms with Crippen molar-refractivity contribution in [2.75, 3.05) is 13.1 Å². The van der Waals surface area contributed by atoms with E-state index in [2.05, 4.69) is 11.8 Å². The maximum atomic E-state index is 12.5. The van der Waals surface area contributed by atoms with Crippen molar-refractivity contribution in [3.8, 4) is 11.8 Å². The van der Waals surface area contributed by atoms with E-state index in [1.165, 1.54) is 5.41 Å². The van der Waals surface area contributed by atoms with Gasteiger partial charge in [-0.15, -0.1) is 0 Å². The fourth-order valence-corrected chi connectivity index (χ4v) is 3.00. The Morgan fingerprint density at radius 2 is 1.68 bits per heavy atom. The molecular formula is C18H25NO2S. The third kappa shape index (κ3) is 5.57. The molecule has 0 aliphatic rings. The zero-order valence-electron chi connectivity index (χ0n) is 14.1. The van der Waals surface area contributed by atoms with Crippen molar-refractivity contribution in [2.45, 2.75) is 39.5 Å². The lowest BCUT2D eigenvalue weighted by Crippen LogP contribution is -2.22. The van der Waals surface area contributed by atoms with Gasteiger partial charge in [-0.05, 0) is 52.7 Å². The number of nitrogens with zero attached hydrogens (tertiary/aromatic N) is 1. The molecule has 0 heterocycles. The molecule has 1 aromatic rings. The zero-order valence-corrected chi connectivity index (χ0v) is 14.9. The van der Waals surface area contributed by atoms with Crippen molar-refractivity contribution in [2.24, 2.45) is 5.41 Å². The molecule has 0 saturated heterocycles. The summed E-state index contributed by atoms with van der Waals surface area (Å²) in [5.74, 6) is 6.17. The largest absolute Gasteiger partial charge is 0.365 e. The molecule has 0 aromatic heterocycles. The van der Waals surface area contributed by atoms with Gasteiger partial charge in [-0.25, -0.2) is 8.42 Å². The van der Waals surface area contributed by atoms with Gasteiger partial charge in [0.15, 0.2) is 0 Å². The molecule has 0 amide bonds. The average Bonchev–Trinajstić information content (AvgIpc) is 2.45. The second-order valence-corrected chi connectivity index (χ2v) is 7.83. The van der Waals surface area contributed by atoms with Gasteiger partial charge in [0.1, 0.15) is 0 Å². The second kappa shape index (κ2) is 7.51. The van der Waals surface area contributed by atoms with Crippen molar-refractivity contribution >= 4 is 9.84 Å². The van der Waals surface area contributed by atoms with Crippen LogP contribution in [0.2, 0.25) is 0 Å². The Labute approximate surface area is 135 Å². The molecule has 0 N–H and O–H groups in total. The first kappa shape index (κ1) is 18.3. The van der Waals surface area contributed by atoms with Gasteiger partial charge in [-0.1, -0.05) is 24.1 Å². The van der Waals surface area contributed by atoms with Gasteiger partial charge in [0, 0.05) is 18.5 Å². The van der Waals surface area contributed by atoms with E-state index in [0.29, 0.717) is 18.8 Å². The van der Waals surface area contributed by atoms with Crippen LogP contribution in [-0.4, -0.2) is 26.4 Å². The number of sulfone groups is 1. The summed E-state index contributed by atoms with van der Waals surface area (Å²) in [5.41, 5.74) is 0.367. The molecule has 1 rings (SSSR count). The number of hydrogen-bond acceptors (Lipinski definition) is 3. The summed E-state index contributed by atoms with van der Waals surface area (Å²) in [6, 6.07) is 8.44. The first-order chi connectivity index (χ1) is 10.2. The zero-order chi connectivity index (χ0) is 16.8. The number of hydrogen-bond donors (Lipinski definition) is 0. The average molecular weight is 319 g/mol. The molecule has 0 aliphatic carbocycles. The Morgan fingerprint density at radius 1 is 1.14 bits per heavy atom. The fraction of sp³-hybridized carbons (Fsp3) is 0.444. The monoisotopic (exact) mass is 319 g/mol. The second-order valence-electron chi connectivity index (χ2n) is 6.03. The van der Waals surface area contributed by atoms with E-state index in [9.17, 15) is 8.42 Å². The fourth-order valence-electron chi connectivity index (χ4n) is 1.82. The molecule has 0 fully saturated rings. The minimum absolute atomic E-state index is 0.178. The highest BCUT2D eigenvalue weighted by molar-refractivity contribution is 7.94. The molecular weight excluding hydrogens is 294 g/mol. The Balaban J connectivity index is 3.34. The van der Waals surface area contributed by atoms with E-state index in [0.717, 1.165) is 0 Å². The van der Waals surface area contributed by atoms with Crippen LogP contribution >= 0.6 is 0 Å². The van der Waals surface area contributed by atoms with Crippen LogP contribution in [0.5, 0.6) is 0 Å². The number of allylic oxidation sites excluding steroid dienone is 1.